The highest BCUT2D eigenvalue weighted by atomic mass is 19.1. The molecule has 6 heteroatoms. The number of rotatable bonds is 6. The molecular formula is C19H19F2NO3. The highest BCUT2D eigenvalue weighted by Gasteiger charge is 2.13. The van der Waals surface area contributed by atoms with E-state index in [4.69, 9.17) is 4.74 Å². The number of carbonyl (C=O) groups excluding carboxylic acids is 2. The van der Waals surface area contributed by atoms with Crippen LogP contribution in [0.1, 0.15) is 42.1 Å². The number of benzene rings is 2. The maximum Gasteiger partial charge on any atom is 0.338 e. The SMILES string of the molecule is CC[C@@H](C)c1ccc(NC(=O)COC(=O)c2cc(F)cc(F)c2)cc1. The molecule has 0 saturated heterocycles. The lowest BCUT2D eigenvalue weighted by atomic mass is 9.99. The van der Waals surface area contributed by atoms with Gasteiger partial charge in [0.1, 0.15) is 11.6 Å². The molecule has 0 bridgehead atoms. The second-order valence-corrected chi connectivity index (χ2v) is 5.71. The van der Waals surface area contributed by atoms with E-state index in [0.717, 1.165) is 18.6 Å². The van der Waals surface area contributed by atoms with E-state index in [1.165, 1.54) is 5.56 Å². The lowest BCUT2D eigenvalue weighted by Crippen LogP contribution is -2.21. The van der Waals surface area contributed by atoms with Gasteiger partial charge in [-0.05, 0) is 42.2 Å². The van der Waals surface area contributed by atoms with Gasteiger partial charge in [0.2, 0.25) is 0 Å². The van der Waals surface area contributed by atoms with Crippen molar-refractivity contribution in [3.8, 4) is 0 Å². The van der Waals surface area contributed by atoms with Crippen LogP contribution in [0.4, 0.5) is 14.5 Å². The fraction of sp³-hybridized carbons (Fsp3) is 0.263. The molecule has 0 aliphatic heterocycles. The summed E-state index contributed by atoms with van der Waals surface area (Å²) in [5.41, 5.74) is 1.45. The Morgan fingerprint density at radius 2 is 1.68 bits per heavy atom. The number of hydrogen-bond acceptors (Lipinski definition) is 3. The van der Waals surface area contributed by atoms with Crippen molar-refractivity contribution in [1.82, 2.24) is 0 Å². The van der Waals surface area contributed by atoms with Gasteiger partial charge in [0.15, 0.2) is 6.61 Å². The monoisotopic (exact) mass is 347 g/mol. The van der Waals surface area contributed by atoms with E-state index in [0.29, 0.717) is 17.7 Å². The van der Waals surface area contributed by atoms with Gasteiger partial charge in [-0.15, -0.1) is 0 Å². The number of amides is 1. The van der Waals surface area contributed by atoms with Gasteiger partial charge in [-0.1, -0.05) is 26.0 Å². The number of halogens is 2. The quantitative estimate of drug-likeness (QED) is 0.794. The second kappa shape index (κ2) is 8.37. The van der Waals surface area contributed by atoms with Gasteiger partial charge in [0.25, 0.3) is 5.91 Å². The highest BCUT2D eigenvalue weighted by molar-refractivity contribution is 5.95. The molecule has 132 valence electrons. The number of carbonyl (C=O) groups is 2. The first-order valence-corrected chi connectivity index (χ1v) is 7.92. The predicted octanol–water partition coefficient (Wildman–Crippen LogP) is 4.27. The van der Waals surface area contributed by atoms with Crippen molar-refractivity contribution in [2.45, 2.75) is 26.2 Å². The Hall–Kier alpha value is -2.76. The zero-order valence-electron chi connectivity index (χ0n) is 14.0. The number of ether oxygens (including phenoxy) is 1. The third kappa shape index (κ3) is 5.38. The summed E-state index contributed by atoms with van der Waals surface area (Å²) in [5.74, 6) is -2.87. The van der Waals surface area contributed by atoms with Crippen molar-refractivity contribution in [1.29, 1.82) is 0 Å². The smallest absolute Gasteiger partial charge is 0.338 e. The Balaban J connectivity index is 1.89. The molecule has 0 aromatic heterocycles. The average Bonchev–Trinajstić information content (AvgIpc) is 2.58. The molecule has 25 heavy (non-hydrogen) atoms. The molecule has 0 aliphatic carbocycles. The molecule has 1 amide bonds. The molecule has 0 aliphatic rings. The zero-order chi connectivity index (χ0) is 18.4. The first-order chi connectivity index (χ1) is 11.9. The minimum absolute atomic E-state index is 0.289. The molecule has 0 fully saturated rings. The van der Waals surface area contributed by atoms with Crippen LogP contribution in [0.2, 0.25) is 0 Å². The molecule has 0 saturated carbocycles. The normalized spacial score (nSPS) is 11.7. The largest absolute Gasteiger partial charge is 0.452 e. The molecule has 2 aromatic rings. The second-order valence-electron chi connectivity index (χ2n) is 5.71. The number of hydrogen-bond donors (Lipinski definition) is 1. The highest BCUT2D eigenvalue weighted by Crippen LogP contribution is 2.20. The van der Waals surface area contributed by atoms with E-state index in [1.807, 2.05) is 12.1 Å². The minimum atomic E-state index is -0.972. The summed E-state index contributed by atoms with van der Waals surface area (Å²) in [7, 11) is 0. The molecule has 4 nitrogen and oxygen atoms in total. The molecule has 0 radical (unpaired) electrons. The van der Waals surface area contributed by atoms with Crippen molar-refractivity contribution in [2.24, 2.45) is 0 Å². The Kier molecular flexibility index (Phi) is 6.22. The number of nitrogens with one attached hydrogen (secondary N) is 1. The molecule has 2 rings (SSSR count). The Labute approximate surface area is 144 Å². The van der Waals surface area contributed by atoms with E-state index < -0.39 is 30.1 Å². The van der Waals surface area contributed by atoms with E-state index in [9.17, 15) is 18.4 Å². The number of esters is 1. The fourth-order valence-corrected chi connectivity index (χ4v) is 2.21. The van der Waals surface area contributed by atoms with Gasteiger partial charge < -0.3 is 10.1 Å². The zero-order valence-corrected chi connectivity index (χ0v) is 14.0. The molecular weight excluding hydrogens is 328 g/mol. The predicted molar refractivity (Wildman–Crippen MR) is 90.4 cm³/mol. The first-order valence-electron chi connectivity index (χ1n) is 7.92. The Morgan fingerprint density at radius 1 is 1.08 bits per heavy atom. The van der Waals surface area contributed by atoms with Crippen molar-refractivity contribution in [3.05, 3.63) is 65.2 Å². The van der Waals surface area contributed by atoms with Crippen LogP contribution in [0.5, 0.6) is 0 Å². The fourth-order valence-electron chi connectivity index (χ4n) is 2.21. The van der Waals surface area contributed by atoms with Crippen LogP contribution < -0.4 is 5.32 Å². The summed E-state index contributed by atoms with van der Waals surface area (Å²) >= 11 is 0. The van der Waals surface area contributed by atoms with Gasteiger partial charge >= 0.3 is 5.97 Å². The summed E-state index contributed by atoms with van der Waals surface area (Å²) in [6, 6.07) is 9.71. The standard InChI is InChI=1S/C19H19F2NO3/c1-3-12(2)13-4-6-17(7-5-13)22-18(23)11-25-19(24)14-8-15(20)10-16(21)9-14/h4-10,12H,3,11H2,1-2H3,(H,22,23)/t12-/m1/s1. The van der Waals surface area contributed by atoms with Gasteiger partial charge in [-0.2, -0.15) is 0 Å². The molecule has 2 aromatic carbocycles. The Bertz CT molecular complexity index is 740. The van der Waals surface area contributed by atoms with Crippen molar-refractivity contribution < 1.29 is 23.1 Å². The summed E-state index contributed by atoms with van der Waals surface area (Å²) in [4.78, 5) is 23.5. The average molecular weight is 347 g/mol. The summed E-state index contributed by atoms with van der Waals surface area (Å²) < 4.78 is 30.9. The van der Waals surface area contributed by atoms with Gasteiger partial charge in [0.05, 0.1) is 5.56 Å². The molecule has 1 atom stereocenters. The van der Waals surface area contributed by atoms with Crippen LogP contribution >= 0.6 is 0 Å². The maximum absolute atomic E-state index is 13.1. The van der Waals surface area contributed by atoms with Crippen molar-refractivity contribution >= 4 is 17.6 Å². The maximum atomic E-state index is 13.1. The molecule has 1 N–H and O–H groups in total. The van der Waals surface area contributed by atoms with Crippen LogP contribution in [0.3, 0.4) is 0 Å². The lowest BCUT2D eigenvalue weighted by molar-refractivity contribution is -0.119. The van der Waals surface area contributed by atoms with Crippen LogP contribution in [0, 0.1) is 11.6 Å². The lowest BCUT2D eigenvalue weighted by Gasteiger charge is -2.10. The van der Waals surface area contributed by atoms with Gasteiger partial charge in [0, 0.05) is 11.8 Å². The van der Waals surface area contributed by atoms with Crippen molar-refractivity contribution in [2.75, 3.05) is 11.9 Å². The van der Waals surface area contributed by atoms with Crippen LogP contribution in [0.25, 0.3) is 0 Å². The number of anilines is 1. The van der Waals surface area contributed by atoms with Crippen LogP contribution in [-0.2, 0) is 9.53 Å². The van der Waals surface area contributed by atoms with E-state index >= 15 is 0 Å². The van der Waals surface area contributed by atoms with Crippen LogP contribution in [0.15, 0.2) is 42.5 Å². The third-order valence-electron chi connectivity index (χ3n) is 3.81. The van der Waals surface area contributed by atoms with E-state index in [1.54, 1.807) is 12.1 Å². The Morgan fingerprint density at radius 3 is 2.24 bits per heavy atom. The molecule has 0 unspecified atom stereocenters. The van der Waals surface area contributed by atoms with E-state index in [2.05, 4.69) is 19.2 Å². The first kappa shape index (κ1) is 18.6. The topological polar surface area (TPSA) is 55.4 Å². The van der Waals surface area contributed by atoms with Gasteiger partial charge in [-0.3, -0.25) is 4.79 Å². The van der Waals surface area contributed by atoms with Gasteiger partial charge in [-0.25, -0.2) is 13.6 Å². The molecule has 0 spiro atoms. The van der Waals surface area contributed by atoms with E-state index in [-0.39, 0.29) is 5.56 Å². The third-order valence-corrected chi connectivity index (χ3v) is 3.81. The molecule has 0 heterocycles. The van der Waals surface area contributed by atoms with Crippen LogP contribution in [-0.4, -0.2) is 18.5 Å². The van der Waals surface area contributed by atoms with Crippen molar-refractivity contribution in [3.63, 3.8) is 0 Å². The summed E-state index contributed by atoms with van der Waals surface area (Å²) in [6.45, 7) is 3.66. The summed E-state index contributed by atoms with van der Waals surface area (Å²) in [5, 5.41) is 2.59. The summed E-state index contributed by atoms with van der Waals surface area (Å²) in [6.07, 6.45) is 1.02. The minimum Gasteiger partial charge on any atom is -0.452 e.